The van der Waals surface area contributed by atoms with Gasteiger partial charge in [-0.3, -0.25) is 19.7 Å². The zero-order chi connectivity index (χ0) is 27.7. The number of fused-ring (bicyclic) bond motifs is 3. The first-order chi connectivity index (χ1) is 18.8. The van der Waals surface area contributed by atoms with E-state index < -0.39 is 16.8 Å². The monoisotopic (exact) mass is 532 g/mol. The number of non-ortho nitro benzene ring substituents is 1. The van der Waals surface area contributed by atoms with Gasteiger partial charge in [-0.25, -0.2) is 4.90 Å². The molecule has 9 nitrogen and oxygen atoms in total. The van der Waals surface area contributed by atoms with Crippen LogP contribution >= 0.6 is 0 Å². The van der Waals surface area contributed by atoms with Gasteiger partial charge in [0, 0.05) is 18.1 Å². The highest BCUT2D eigenvalue weighted by Crippen LogP contribution is 2.50. The zero-order valence-corrected chi connectivity index (χ0v) is 21.8. The Bertz CT molecular complexity index is 1350. The van der Waals surface area contributed by atoms with Crippen LogP contribution in [0.5, 0.6) is 5.75 Å². The highest BCUT2D eigenvalue weighted by atomic mass is 16.6. The molecule has 2 heterocycles. The summed E-state index contributed by atoms with van der Waals surface area (Å²) in [5, 5.41) is 31.1. The molecule has 2 fully saturated rings. The summed E-state index contributed by atoms with van der Waals surface area (Å²) in [6.07, 6.45) is 5.50. The second kappa shape index (κ2) is 11.1. The number of carbonyl (C=O) groups excluding carboxylic acids is 2. The fraction of sp³-hybridized carbons (Fsp3) is 0.400. The molecule has 2 amide bonds. The molecule has 5 rings (SSSR count). The van der Waals surface area contributed by atoms with Crippen molar-refractivity contribution in [2.75, 3.05) is 18.1 Å². The fourth-order valence-electron chi connectivity index (χ4n) is 6.33. The summed E-state index contributed by atoms with van der Waals surface area (Å²) in [7, 11) is 0. The van der Waals surface area contributed by atoms with Crippen LogP contribution in [0.2, 0.25) is 0 Å². The Hall–Kier alpha value is -3.82. The van der Waals surface area contributed by atoms with E-state index in [0.717, 1.165) is 40.9 Å². The molecule has 2 aromatic carbocycles. The first kappa shape index (κ1) is 26.8. The Kier molecular flexibility index (Phi) is 7.63. The first-order valence-corrected chi connectivity index (χ1v) is 13.4. The Morgan fingerprint density at radius 1 is 1.13 bits per heavy atom. The molecule has 39 heavy (non-hydrogen) atoms. The number of aliphatic hydroxyl groups is 1. The van der Waals surface area contributed by atoms with Crippen LogP contribution in [0.3, 0.4) is 0 Å². The molecule has 9 heteroatoms. The van der Waals surface area contributed by atoms with Crippen molar-refractivity contribution in [2.45, 2.75) is 45.1 Å². The van der Waals surface area contributed by atoms with Crippen molar-refractivity contribution in [3.05, 3.63) is 80.9 Å². The van der Waals surface area contributed by atoms with Crippen LogP contribution in [0.4, 0.5) is 11.4 Å². The van der Waals surface area contributed by atoms with Gasteiger partial charge in [0.2, 0.25) is 11.8 Å². The van der Waals surface area contributed by atoms with Gasteiger partial charge in [-0.1, -0.05) is 43.2 Å². The lowest BCUT2D eigenvalue weighted by Crippen LogP contribution is -2.35. The lowest BCUT2D eigenvalue weighted by molar-refractivity contribution is -0.384. The molecule has 1 aliphatic carbocycles. The maximum Gasteiger partial charge on any atom is 0.271 e. The van der Waals surface area contributed by atoms with Crippen LogP contribution in [0.1, 0.15) is 44.6 Å². The highest BCUT2D eigenvalue weighted by Gasteiger charge is 2.57. The van der Waals surface area contributed by atoms with Crippen molar-refractivity contribution in [1.29, 1.82) is 0 Å². The molecule has 0 radical (unpaired) electrons. The van der Waals surface area contributed by atoms with Gasteiger partial charge in [-0.05, 0) is 60.6 Å². The number of nitrogens with zero attached hydrogens (tertiary/aromatic N) is 2. The highest BCUT2D eigenvalue weighted by molar-refractivity contribution is 6.22. The third kappa shape index (κ3) is 5.12. The summed E-state index contributed by atoms with van der Waals surface area (Å²) in [6, 6.07) is 12.6. The summed E-state index contributed by atoms with van der Waals surface area (Å²) < 4.78 is 6.21. The molecule has 2 N–H and O–H groups in total. The van der Waals surface area contributed by atoms with Crippen molar-refractivity contribution in [3.8, 4) is 5.75 Å². The van der Waals surface area contributed by atoms with Crippen LogP contribution in [0.25, 0.3) is 6.08 Å². The average Bonchev–Trinajstić information content (AvgIpc) is 3.46. The van der Waals surface area contributed by atoms with Gasteiger partial charge in [-0.2, -0.15) is 0 Å². The van der Waals surface area contributed by atoms with E-state index >= 15 is 0 Å². The zero-order valence-electron chi connectivity index (χ0n) is 21.8. The molecule has 3 aliphatic rings. The third-order valence-corrected chi connectivity index (χ3v) is 8.06. The number of amides is 2. The fourth-order valence-corrected chi connectivity index (χ4v) is 6.33. The molecule has 0 unspecified atom stereocenters. The smallest absolute Gasteiger partial charge is 0.271 e. The summed E-state index contributed by atoms with van der Waals surface area (Å²) in [5.41, 5.74) is 3.95. The minimum Gasteiger partial charge on any atom is -0.508 e. The molecular weight excluding hydrogens is 500 g/mol. The lowest BCUT2D eigenvalue weighted by atomic mass is 9.69. The van der Waals surface area contributed by atoms with Crippen LogP contribution < -0.4 is 4.90 Å². The Labute approximate surface area is 226 Å². The van der Waals surface area contributed by atoms with Crippen molar-refractivity contribution >= 4 is 29.3 Å². The molecule has 2 saturated heterocycles. The predicted molar refractivity (Wildman–Crippen MR) is 145 cm³/mol. The van der Waals surface area contributed by atoms with Gasteiger partial charge >= 0.3 is 0 Å². The largest absolute Gasteiger partial charge is 0.508 e. The second-order valence-electron chi connectivity index (χ2n) is 10.5. The minimum atomic E-state index is -0.625. The topological polar surface area (TPSA) is 130 Å². The number of hydrogen-bond donors (Lipinski definition) is 2. The number of nitro benzene ring substituents is 1. The number of phenolic OH excluding ortho intramolecular Hbond substituents is 1. The summed E-state index contributed by atoms with van der Waals surface area (Å²) in [5.74, 6) is -2.09. The molecule has 0 bridgehead atoms. The van der Waals surface area contributed by atoms with Crippen molar-refractivity contribution in [2.24, 2.45) is 17.8 Å². The number of hydrogen-bond acceptors (Lipinski definition) is 7. The SMILES string of the molecule is CCC/C(=C\c1ccc(O)cc1)CC[C@H]1OC[C@H]2C1=C(CO)C[C@H]1C(=O)N(c3cccc([N+](=O)[O-])c3)C(=O)[C@H]12. The number of nitro groups is 1. The Morgan fingerprint density at radius 3 is 2.59 bits per heavy atom. The second-order valence-corrected chi connectivity index (χ2v) is 10.5. The van der Waals surface area contributed by atoms with E-state index in [-0.39, 0.29) is 60.6 Å². The molecule has 2 aromatic rings. The van der Waals surface area contributed by atoms with E-state index in [0.29, 0.717) is 6.42 Å². The maximum absolute atomic E-state index is 13.6. The average molecular weight is 533 g/mol. The van der Waals surface area contributed by atoms with E-state index in [1.807, 2.05) is 12.1 Å². The van der Waals surface area contributed by atoms with Crippen LogP contribution in [-0.2, 0) is 14.3 Å². The lowest BCUT2D eigenvalue weighted by Gasteiger charge is -2.31. The van der Waals surface area contributed by atoms with Gasteiger partial charge in [0.05, 0.1) is 41.8 Å². The maximum atomic E-state index is 13.6. The van der Waals surface area contributed by atoms with Crippen LogP contribution in [0.15, 0.2) is 65.3 Å². The summed E-state index contributed by atoms with van der Waals surface area (Å²) in [4.78, 5) is 38.8. The number of ether oxygens (including phenoxy) is 1. The third-order valence-electron chi connectivity index (χ3n) is 8.06. The van der Waals surface area contributed by atoms with Crippen LogP contribution in [0, 0.1) is 27.9 Å². The number of aromatic hydroxyl groups is 1. The number of phenols is 1. The summed E-state index contributed by atoms with van der Waals surface area (Å²) >= 11 is 0. The van der Waals surface area contributed by atoms with E-state index in [1.54, 1.807) is 12.1 Å². The van der Waals surface area contributed by atoms with Gasteiger partial charge in [0.15, 0.2) is 0 Å². The number of anilines is 1. The minimum absolute atomic E-state index is 0.190. The molecule has 204 valence electrons. The van der Waals surface area contributed by atoms with Gasteiger partial charge in [-0.15, -0.1) is 0 Å². The normalized spacial score (nSPS) is 24.8. The van der Waals surface area contributed by atoms with Gasteiger partial charge in [0.1, 0.15) is 5.75 Å². The van der Waals surface area contributed by atoms with E-state index in [4.69, 9.17) is 4.74 Å². The van der Waals surface area contributed by atoms with E-state index in [2.05, 4.69) is 13.0 Å². The van der Waals surface area contributed by atoms with Gasteiger partial charge in [0.25, 0.3) is 5.69 Å². The van der Waals surface area contributed by atoms with Crippen molar-refractivity contribution in [1.82, 2.24) is 0 Å². The molecule has 4 atom stereocenters. The molecule has 2 aliphatic heterocycles. The number of imide groups is 1. The Morgan fingerprint density at radius 2 is 1.90 bits per heavy atom. The number of rotatable bonds is 9. The van der Waals surface area contributed by atoms with Gasteiger partial charge < -0.3 is 14.9 Å². The van der Waals surface area contributed by atoms with E-state index in [9.17, 15) is 29.9 Å². The molecule has 0 aromatic heterocycles. The predicted octanol–water partition coefficient (Wildman–Crippen LogP) is 4.78. The quantitative estimate of drug-likeness (QED) is 0.206. The number of aliphatic hydroxyl groups excluding tert-OH is 1. The number of benzene rings is 2. The molecule has 0 saturated carbocycles. The first-order valence-electron chi connectivity index (χ1n) is 13.4. The molecular formula is C30H32N2O7. The Balaban J connectivity index is 1.37. The number of carbonyl (C=O) groups is 2. The molecule has 0 spiro atoms. The summed E-state index contributed by atoms with van der Waals surface area (Å²) in [6.45, 7) is 2.20. The number of allylic oxidation sites excluding steroid dienone is 1. The van der Waals surface area contributed by atoms with Crippen molar-refractivity contribution < 1.29 is 29.5 Å². The van der Waals surface area contributed by atoms with Crippen LogP contribution in [-0.4, -0.2) is 46.3 Å². The standard InChI is InChI=1S/C30H32N2O7/c1-2-4-18(13-19-7-10-23(34)11-8-19)9-12-26-27-20(16-33)14-24-28(25(27)17-39-26)30(36)31(29(24)35)21-5-3-6-22(15-21)32(37)38/h3,5-8,10-11,13,15,24-26,28,33-34H,2,4,9,12,14,16-17H2,1H3/b18-13+/t24-,25+,26-,28-/m1/s1. The van der Waals surface area contributed by atoms with Crippen molar-refractivity contribution in [3.63, 3.8) is 0 Å². The van der Waals surface area contributed by atoms with E-state index in [1.165, 1.54) is 29.8 Å².